The zero-order valence-corrected chi connectivity index (χ0v) is 12.2. The van der Waals surface area contributed by atoms with Gasteiger partial charge in [0.15, 0.2) is 0 Å². The van der Waals surface area contributed by atoms with Crippen LogP contribution in [0.4, 0.5) is 0 Å². The SMILES string of the molecule is COCCOc1nc(Cl)ncc1C(=O)NC(C)(C)C. The van der Waals surface area contributed by atoms with E-state index in [9.17, 15) is 4.79 Å². The predicted molar refractivity (Wildman–Crippen MR) is 71.6 cm³/mol. The Morgan fingerprint density at radius 2 is 2.11 bits per heavy atom. The average molecular weight is 288 g/mol. The summed E-state index contributed by atoms with van der Waals surface area (Å²) in [6, 6.07) is 0. The van der Waals surface area contributed by atoms with Gasteiger partial charge in [0, 0.05) is 18.8 Å². The molecule has 7 heteroatoms. The molecule has 1 amide bonds. The van der Waals surface area contributed by atoms with E-state index in [0.717, 1.165) is 0 Å². The Morgan fingerprint density at radius 1 is 1.42 bits per heavy atom. The maximum absolute atomic E-state index is 12.1. The van der Waals surface area contributed by atoms with E-state index in [1.807, 2.05) is 20.8 Å². The second-order valence-electron chi connectivity index (χ2n) is 4.90. The van der Waals surface area contributed by atoms with E-state index in [1.165, 1.54) is 6.20 Å². The Balaban J connectivity index is 2.89. The summed E-state index contributed by atoms with van der Waals surface area (Å²) in [7, 11) is 1.56. The summed E-state index contributed by atoms with van der Waals surface area (Å²) in [4.78, 5) is 19.8. The van der Waals surface area contributed by atoms with Gasteiger partial charge in [-0.05, 0) is 32.4 Å². The number of hydrogen-bond donors (Lipinski definition) is 1. The number of nitrogens with zero attached hydrogens (tertiary/aromatic N) is 2. The zero-order chi connectivity index (χ0) is 14.5. The van der Waals surface area contributed by atoms with E-state index in [1.54, 1.807) is 7.11 Å². The van der Waals surface area contributed by atoms with Crippen LogP contribution < -0.4 is 10.1 Å². The largest absolute Gasteiger partial charge is 0.475 e. The summed E-state index contributed by atoms with van der Waals surface area (Å²) in [5, 5.41) is 2.84. The Labute approximate surface area is 117 Å². The van der Waals surface area contributed by atoms with Crippen molar-refractivity contribution in [1.29, 1.82) is 0 Å². The smallest absolute Gasteiger partial charge is 0.258 e. The van der Waals surface area contributed by atoms with Gasteiger partial charge in [0.1, 0.15) is 12.2 Å². The number of halogens is 1. The van der Waals surface area contributed by atoms with Crippen LogP contribution in [-0.4, -0.2) is 41.7 Å². The molecule has 6 nitrogen and oxygen atoms in total. The summed E-state index contributed by atoms with van der Waals surface area (Å²) in [5.74, 6) is -0.157. The van der Waals surface area contributed by atoms with E-state index in [2.05, 4.69) is 15.3 Å². The van der Waals surface area contributed by atoms with Crippen molar-refractivity contribution in [3.8, 4) is 5.88 Å². The molecule has 0 atom stereocenters. The maximum atomic E-state index is 12.1. The highest BCUT2D eigenvalue weighted by molar-refractivity contribution is 6.28. The lowest BCUT2D eigenvalue weighted by molar-refractivity contribution is 0.0909. The van der Waals surface area contributed by atoms with Crippen LogP contribution >= 0.6 is 11.6 Å². The highest BCUT2D eigenvalue weighted by atomic mass is 35.5. The topological polar surface area (TPSA) is 73.3 Å². The molecule has 0 aliphatic heterocycles. The first-order valence-electron chi connectivity index (χ1n) is 5.80. The molecule has 0 aliphatic rings. The normalized spacial score (nSPS) is 11.2. The van der Waals surface area contributed by atoms with Gasteiger partial charge in [0.25, 0.3) is 5.91 Å². The number of nitrogens with one attached hydrogen (secondary N) is 1. The van der Waals surface area contributed by atoms with Gasteiger partial charge in [-0.15, -0.1) is 0 Å². The second-order valence-corrected chi connectivity index (χ2v) is 5.24. The minimum atomic E-state index is -0.361. The molecule has 1 heterocycles. The van der Waals surface area contributed by atoms with Crippen molar-refractivity contribution in [2.75, 3.05) is 20.3 Å². The van der Waals surface area contributed by atoms with Gasteiger partial charge < -0.3 is 14.8 Å². The summed E-state index contributed by atoms with van der Waals surface area (Å²) in [5.41, 5.74) is -0.115. The van der Waals surface area contributed by atoms with E-state index < -0.39 is 0 Å². The summed E-state index contributed by atoms with van der Waals surface area (Å²) in [6.45, 7) is 6.31. The summed E-state index contributed by atoms with van der Waals surface area (Å²) < 4.78 is 10.2. The van der Waals surface area contributed by atoms with E-state index >= 15 is 0 Å². The lowest BCUT2D eigenvalue weighted by Gasteiger charge is -2.21. The lowest BCUT2D eigenvalue weighted by Crippen LogP contribution is -2.40. The standard InChI is InChI=1S/C12H18ClN3O3/c1-12(2,3)16-9(17)8-7-14-11(13)15-10(8)19-6-5-18-4/h7H,5-6H2,1-4H3,(H,16,17). The van der Waals surface area contributed by atoms with Crippen LogP contribution in [-0.2, 0) is 4.74 Å². The average Bonchev–Trinajstić information content (AvgIpc) is 2.27. The molecule has 0 aromatic carbocycles. The Hall–Kier alpha value is -1.40. The fourth-order valence-corrected chi connectivity index (χ4v) is 1.37. The number of rotatable bonds is 5. The number of hydrogen-bond acceptors (Lipinski definition) is 5. The molecule has 0 saturated heterocycles. The Morgan fingerprint density at radius 3 is 2.68 bits per heavy atom. The lowest BCUT2D eigenvalue weighted by atomic mass is 10.1. The fourth-order valence-electron chi connectivity index (χ4n) is 1.24. The molecule has 0 aliphatic carbocycles. The monoisotopic (exact) mass is 287 g/mol. The minimum Gasteiger partial charge on any atom is -0.475 e. The first-order chi connectivity index (χ1) is 8.83. The second kappa shape index (κ2) is 6.68. The van der Waals surface area contributed by atoms with Crippen molar-refractivity contribution in [1.82, 2.24) is 15.3 Å². The van der Waals surface area contributed by atoms with E-state index in [-0.39, 0.29) is 34.8 Å². The van der Waals surface area contributed by atoms with Crippen molar-refractivity contribution in [2.24, 2.45) is 0 Å². The summed E-state index contributed by atoms with van der Waals surface area (Å²) in [6.07, 6.45) is 1.35. The Bertz CT molecular complexity index is 446. The molecule has 1 N–H and O–H groups in total. The molecule has 1 rings (SSSR count). The zero-order valence-electron chi connectivity index (χ0n) is 11.5. The molecule has 1 aromatic rings. The Kier molecular flexibility index (Phi) is 5.50. The van der Waals surface area contributed by atoms with Crippen LogP contribution in [0.5, 0.6) is 5.88 Å². The van der Waals surface area contributed by atoms with E-state index in [4.69, 9.17) is 21.1 Å². The quantitative estimate of drug-likeness (QED) is 0.659. The van der Waals surface area contributed by atoms with Gasteiger partial charge in [-0.3, -0.25) is 4.79 Å². The third-order valence-corrected chi connectivity index (χ3v) is 2.17. The number of carbonyl (C=O) groups excluding carboxylic acids is 1. The van der Waals surface area contributed by atoms with Crippen LogP contribution in [0.2, 0.25) is 5.28 Å². The molecule has 106 valence electrons. The van der Waals surface area contributed by atoms with Gasteiger partial charge >= 0.3 is 0 Å². The molecule has 0 unspecified atom stereocenters. The highest BCUT2D eigenvalue weighted by Gasteiger charge is 2.20. The number of methoxy groups -OCH3 is 1. The molecule has 0 spiro atoms. The van der Waals surface area contributed by atoms with Gasteiger partial charge in [0.2, 0.25) is 11.2 Å². The van der Waals surface area contributed by atoms with Crippen LogP contribution in [0.3, 0.4) is 0 Å². The number of aromatic nitrogens is 2. The van der Waals surface area contributed by atoms with E-state index in [0.29, 0.717) is 6.61 Å². The molecule has 0 bridgehead atoms. The maximum Gasteiger partial charge on any atom is 0.258 e. The molecular weight excluding hydrogens is 270 g/mol. The fraction of sp³-hybridized carbons (Fsp3) is 0.583. The molecule has 1 aromatic heterocycles. The van der Waals surface area contributed by atoms with Crippen molar-refractivity contribution in [3.63, 3.8) is 0 Å². The van der Waals surface area contributed by atoms with Crippen molar-refractivity contribution in [3.05, 3.63) is 17.0 Å². The van der Waals surface area contributed by atoms with Gasteiger partial charge in [-0.2, -0.15) is 4.98 Å². The van der Waals surface area contributed by atoms with Crippen LogP contribution in [0.15, 0.2) is 6.20 Å². The number of carbonyl (C=O) groups is 1. The highest BCUT2D eigenvalue weighted by Crippen LogP contribution is 2.17. The molecule has 0 fully saturated rings. The minimum absolute atomic E-state index is 0.0275. The molecule has 0 radical (unpaired) electrons. The van der Waals surface area contributed by atoms with Crippen LogP contribution in [0, 0.1) is 0 Å². The first-order valence-corrected chi connectivity index (χ1v) is 6.18. The summed E-state index contributed by atoms with van der Waals surface area (Å²) >= 11 is 5.70. The van der Waals surface area contributed by atoms with Crippen molar-refractivity contribution < 1.29 is 14.3 Å². The number of ether oxygens (including phenoxy) is 2. The molecule has 0 saturated carbocycles. The van der Waals surface area contributed by atoms with Crippen molar-refractivity contribution >= 4 is 17.5 Å². The molecule has 19 heavy (non-hydrogen) atoms. The van der Waals surface area contributed by atoms with Gasteiger partial charge in [-0.25, -0.2) is 4.98 Å². The third-order valence-electron chi connectivity index (χ3n) is 1.98. The van der Waals surface area contributed by atoms with Crippen LogP contribution in [0.25, 0.3) is 0 Å². The first kappa shape index (κ1) is 15.7. The predicted octanol–water partition coefficient (Wildman–Crippen LogP) is 1.68. The third kappa shape index (κ3) is 5.40. The van der Waals surface area contributed by atoms with Gasteiger partial charge in [0.05, 0.1) is 6.61 Å². The van der Waals surface area contributed by atoms with Crippen LogP contribution in [0.1, 0.15) is 31.1 Å². The number of amides is 1. The molecular formula is C12H18ClN3O3. The van der Waals surface area contributed by atoms with Gasteiger partial charge in [-0.1, -0.05) is 0 Å². The van der Waals surface area contributed by atoms with Crippen molar-refractivity contribution in [2.45, 2.75) is 26.3 Å².